The maximum absolute atomic E-state index is 12.8. The minimum atomic E-state index is -0.768. The quantitative estimate of drug-likeness (QED) is 0.620. The molecule has 1 fully saturated rings. The molecule has 0 spiro atoms. The molecule has 1 atom stereocenters. The third-order valence-corrected chi connectivity index (χ3v) is 4.92. The van der Waals surface area contributed by atoms with Crippen molar-refractivity contribution >= 4 is 33.6 Å². The fourth-order valence-electron chi connectivity index (χ4n) is 2.98. The maximum atomic E-state index is 12.8. The van der Waals surface area contributed by atoms with Crippen molar-refractivity contribution in [2.24, 2.45) is 0 Å². The van der Waals surface area contributed by atoms with E-state index in [1.54, 1.807) is 4.90 Å². The van der Waals surface area contributed by atoms with E-state index < -0.39 is 23.0 Å². The normalized spacial score (nSPS) is 22.5. The largest absolute Gasteiger partial charge is 0.444 e. The molecule has 1 aliphatic rings. The maximum Gasteiger partial charge on any atom is 0.413 e. The van der Waals surface area contributed by atoms with Crippen molar-refractivity contribution in [2.75, 3.05) is 13.2 Å². The zero-order valence-electron chi connectivity index (χ0n) is 16.2. The van der Waals surface area contributed by atoms with Crippen LogP contribution in [-0.2, 0) is 20.8 Å². The Morgan fingerprint density at radius 2 is 2.00 bits per heavy atom. The van der Waals surface area contributed by atoms with Crippen LogP contribution in [0.1, 0.15) is 47.1 Å². The van der Waals surface area contributed by atoms with Gasteiger partial charge in [0.2, 0.25) is 0 Å². The van der Waals surface area contributed by atoms with Crippen molar-refractivity contribution in [2.45, 2.75) is 65.0 Å². The van der Waals surface area contributed by atoms with Gasteiger partial charge in [-0.2, -0.15) is 0 Å². The van der Waals surface area contributed by atoms with E-state index in [1.165, 1.54) is 0 Å². The molecule has 1 heterocycles. The molecule has 1 aliphatic heterocycles. The lowest BCUT2D eigenvalue weighted by atomic mass is 10.0. The molecule has 2 rings (SSSR count). The summed E-state index contributed by atoms with van der Waals surface area (Å²) in [6.07, 6.45) is -0.409. The van der Waals surface area contributed by atoms with Gasteiger partial charge in [-0.15, -0.1) is 0 Å². The van der Waals surface area contributed by atoms with Crippen LogP contribution in [0.5, 0.6) is 0 Å². The molecule has 7 heteroatoms. The zero-order valence-corrected chi connectivity index (χ0v) is 18.5. The molecule has 146 valence electrons. The highest BCUT2D eigenvalue weighted by atomic mass is 79.9. The molecule has 1 aromatic rings. The predicted molar refractivity (Wildman–Crippen MR) is 105 cm³/mol. The molecule has 0 aliphatic carbocycles. The van der Waals surface area contributed by atoms with Crippen molar-refractivity contribution in [1.82, 2.24) is 4.90 Å². The number of amides is 1. The van der Waals surface area contributed by atoms with E-state index in [0.29, 0.717) is 24.8 Å². The summed E-state index contributed by atoms with van der Waals surface area (Å²) in [5.41, 5.74) is -1.09. The predicted octanol–water partition coefficient (Wildman–Crippen LogP) is 5.38. The number of rotatable bonds is 4. The highest BCUT2D eigenvalue weighted by Gasteiger charge is 2.53. The Balaban J connectivity index is 2.08. The summed E-state index contributed by atoms with van der Waals surface area (Å²) in [5.74, 6) is 0. The number of carbonyl (C=O) groups excluding carboxylic acids is 1. The molecule has 0 bridgehead atoms. The smallest absolute Gasteiger partial charge is 0.413 e. The van der Waals surface area contributed by atoms with Gasteiger partial charge in [-0.25, -0.2) is 4.79 Å². The molecule has 0 aromatic heterocycles. The lowest BCUT2D eigenvalue weighted by molar-refractivity contribution is -0.0752. The molecular weight excluding hydrogens is 422 g/mol. The van der Waals surface area contributed by atoms with Crippen LogP contribution in [0.15, 0.2) is 22.7 Å². The molecule has 0 unspecified atom stereocenters. The highest BCUT2D eigenvalue weighted by Crippen LogP contribution is 2.36. The van der Waals surface area contributed by atoms with E-state index in [9.17, 15) is 4.79 Å². The van der Waals surface area contributed by atoms with E-state index in [-0.39, 0.29) is 0 Å². The van der Waals surface area contributed by atoms with Crippen LogP contribution < -0.4 is 0 Å². The van der Waals surface area contributed by atoms with Gasteiger partial charge in [-0.1, -0.05) is 33.6 Å². The average molecular weight is 449 g/mol. The second-order valence-electron chi connectivity index (χ2n) is 8.28. The van der Waals surface area contributed by atoms with Crippen molar-refractivity contribution in [3.05, 3.63) is 33.3 Å². The van der Waals surface area contributed by atoms with Crippen molar-refractivity contribution < 1.29 is 19.0 Å². The molecule has 1 aromatic carbocycles. The minimum Gasteiger partial charge on any atom is -0.444 e. The number of hydrogen-bond acceptors (Lipinski definition) is 4. The number of halogens is 2. The number of carbonyl (C=O) groups is 1. The lowest BCUT2D eigenvalue weighted by Gasteiger charge is -2.40. The first-order chi connectivity index (χ1) is 11.8. The Kier molecular flexibility index (Phi) is 6.33. The van der Waals surface area contributed by atoms with Gasteiger partial charge in [0.15, 0.2) is 0 Å². The Bertz CT molecular complexity index is 674. The first kappa shape index (κ1) is 21.5. The van der Waals surface area contributed by atoms with E-state index in [0.717, 1.165) is 10.0 Å². The van der Waals surface area contributed by atoms with E-state index in [2.05, 4.69) is 15.9 Å². The van der Waals surface area contributed by atoms with Crippen molar-refractivity contribution in [1.29, 1.82) is 0 Å². The molecular formula is C19H27BrClNO4. The summed E-state index contributed by atoms with van der Waals surface area (Å²) >= 11 is 9.62. The van der Waals surface area contributed by atoms with Crippen molar-refractivity contribution in [3.8, 4) is 0 Å². The van der Waals surface area contributed by atoms with Crippen LogP contribution in [0.25, 0.3) is 0 Å². The molecule has 5 nitrogen and oxygen atoms in total. The molecule has 26 heavy (non-hydrogen) atoms. The average Bonchev–Trinajstić information content (AvgIpc) is 2.70. The van der Waals surface area contributed by atoms with Gasteiger partial charge in [-0.05, 0) is 59.2 Å². The Morgan fingerprint density at radius 3 is 2.58 bits per heavy atom. The summed E-state index contributed by atoms with van der Waals surface area (Å²) in [5, 5.41) is 0.636. The van der Waals surface area contributed by atoms with Crippen LogP contribution >= 0.6 is 27.5 Å². The number of ether oxygens (including phenoxy) is 3. The second-order valence-corrected chi connectivity index (χ2v) is 9.60. The standard InChI is InChI=1S/C19H27BrClNO4/c1-17(2,3)26-16(23)22-18(4,5)25-12-19(22,6)11-24-10-13-7-8-14(20)9-15(13)21/h7-9H,10-12H2,1-6H3/t19-/m1/s1. The van der Waals surface area contributed by atoms with Gasteiger partial charge in [0.25, 0.3) is 0 Å². The summed E-state index contributed by atoms with van der Waals surface area (Å²) in [7, 11) is 0. The topological polar surface area (TPSA) is 48.0 Å². The third kappa shape index (κ3) is 5.12. The zero-order chi connectivity index (χ0) is 19.8. The van der Waals surface area contributed by atoms with Gasteiger partial charge in [0.05, 0.1) is 25.4 Å². The van der Waals surface area contributed by atoms with Crippen LogP contribution in [0, 0.1) is 0 Å². The van der Waals surface area contributed by atoms with Crippen LogP contribution in [0.4, 0.5) is 4.79 Å². The Labute approximate surface area is 169 Å². The Morgan fingerprint density at radius 1 is 1.35 bits per heavy atom. The number of benzene rings is 1. The van der Waals surface area contributed by atoms with Gasteiger partial charge in [0.1, 0.15) is 11.3 Å². The highest BCUT2D eigenvalue weighted by molar-refractivity contribution is 9.10. The molecule has 1 saturated heterocycles. The molecule has 0 N–H and O–H groups in total. The van der Waals surface area contributed by atoms with E-state index in [4.69, 9.17) is 25.8 Å². The molecule has 1 amide bonds. The summed E-state index contributed by atoms with van der Waals surface area (Å²) < 4.78 is 18.3. The third-order valence-electron chi connectivity index (χ3n) is 4.08. The summed E-state index contributed by atoms with van der Waals surface area (Å²) in [6.45, 7) is 12.2. The van der Waals surface area contributed by atoms with Gasteiger partial charge in [-0.3, -0.25) is 4.90 Å². The fraction of sp³-hybridized carbons (Fsp3) is 0.632. The Hall–Kier alpha value is -0.820. The van der Waals surface area contributed by atoms with Gasteiger partial charge in [0, 0.05) is 9.50 Å². The fourth-order valence-corrected chi connectivity index (χ4v) is 3.71. The van der Waals surface area contributed by atoms with Gasteiger partial charge >= 0.3 is 6.09 Å². The van der Waals surface area contributed by atoms with Crippen molar-refractivity contribution in [3.63, 3.8) is 0 Å². The second kappa shape index (κ2) is 7.66. The van der Waals surface area contributed by atoms with Crippen LogP contribution in [-0.4, -0.2) is 41.1 Å². The first-order valence-electron chi connectivity index (χ1n) is 8.53. The van der Waals surface area contributed by atoms with Gasteiger partial charge < -0.3 is 14.2 Å². The first-order valence-corrected chi connectivity index (χ1v) is 9.70. The van der Waals surface area contributed by atoms with Crippen LogP contribution in [0.3, 0.4) is 0 Å². The molecule has 0 saturated carbocycles. The summed E-state index contributed by atoms with van der Waals surface area (Å²) in [4.78, 5) is 14.4. The SMILES string of the molecule is CC(C)(C)OC(=O)N1C(C)(C)OC[C@@]1(C)COCc1ccc(Br)cc1Cl. The monoisotopic (exact) mass is 447 g/mol. The van der Waals surface area contributed by atoms with E-state index >= 15 is 0 Å². The lowest BCUT2D eigenvalue weighted by Crippen LogP contribution is -2.57. The number of nitrogens with zero attached hydrogens (tertiary/aromatic N) is 1. The van der Waals surface area contributed by atoms with E-state index in [1.807, 2.05) is 59.7 Å². The molecule has 0 radical (unpaired) electrons. The summed E-state index contributed by atoms with van der Waals surface area (Å²) in [6, 6.07) is 5.66. The number of hydrogen-bond donors (Lipinski definition) is 0. The minimum absolute atomic E-state index is 0.308. The van der Waals surface area contributed by atoms with Crippen LogP contribution in [0.2, 0.25) is 5.02 Å².